The standard InChI is InChI=1S/C23H26N4O4/c1-2-17-11-19(21(30)12-20(17)29)22-24-25-23(31)27(22)18-5-3-15(4-6-18)13-26-9-7-16(14-28)8-10-26/h3-6,11-12,14,16,29-30H,2,7-10,13H2,1H3,(H,25,31). The van der Waals surface area contributed by atoms with Crippen LogP contribution in [0.25, 0.3) is 17.1 Å². The van der Waals surface area contributed by atoms with Crippen LogP contribution in [0.2, 0.25) is 0 Å². The van der Waals surface area contributed by atoms with E-state index in [1.54, 1.807) is 6.07 Å². The normalized spacial score (nSPS) is 15.3. The van der Waals surface area contributed by atoms with E-state index >= 15 is 0 Å². The molecule has 31 heavy (non-hydrogen) atoms. The van der Waals surface area contributed by atoms with Gasteiger partial charge >= 0.3 is 5.69 Å². The second-order valence-electron chi connectivity index (χ2n) is 7.96. The number of nitrogens with zero attached hydrogens (tertiary/aromatic N) is 3. The number of piperidine rings is 1. The van der Waals surface area contributed by atoms with Crippen LogP contribution in [-0.2, 0) is 17.8 Å². The summed E-state index contributed by atoms with van der Waals surface area (Å²) < 4.78 is 1.41. The SMILES string of the molecule is CCc1cc(-c2n[nH]c(=O)n2-c2ccc(CN3CCC(C=O)CC3)cc2)c(O)cc1O. The molecule has 0 atom stereocenters. The molecule has 1 aliphatic rings. The number of hydrogen-bond donors (Lipinski definition) is 3. The molecule has 1 aliphatic heterocycles. The summed E-state index contributed by atoms with van der Waals surface area (Å²) in [5.74, 6) is 0.315. The number of carbonyl (C=O) groups excluding carboxylic acids is 1. The van der Waals surface area contributed by atoms with Crippen molar-refractivity contribution in [2.75, 3.05) is 13.1 Å². The Morgan fingerprint density at radius 2 is 1.84 bits per heavy atom. The Labute approximate surface area is 179 Å². The van der Waals surface area contributed by atoms with Gasteiger partial charge in [0.15, 0.2) is 5.82 Å². The molecule has 0 spiro atoms. The first-order valence-corrected chi connectivity index (χ1v) is 10.5. The van der Waals surface area contributed by atoms with Crippen molar-refractivity contribution < 1.29 is 15.0 Å². The van der Waals surface area contributed by atoms with E-state index in [9.17, 15) is 19.8 Å². The molecule has 1 fully saturated rings. The number of aryl methyl sites for hydroxylation is 1. The first-order chi connectivity index (χ1) is 15.0. The number of rotatable bonds is 6. The van der Waals surface area contributed by atoms with Crippen molar-refractivity contribution in [1.29, 1.82) is 0 Å². The zero-order chi connectivity index (χ0) is 22.0. The molecule has 0 unspecified atom stereocenters. The van der Waals surface area contributed by atoms with Crippen LogP contribution in [0, 0.1) is 5.92 Å². The van der Waals surface area contributed by atoms with Crippen molar-refractivity contribution in [3.05, 3.63) is 58.0 Å². The number of aromatic amines is 1. The summed E-state index contributed by atoms with van der Waals surface area (Å²) in [7, 11) is 0. The number of aromatic hydroxyl groups is 2. The number of benzene rings is 2. The van der Waals surface area contributed by atoms with Crippen molar-refractivity contribution in [3.8, 4) is 28.6 Å². The van der Waals surface area contributed by atoms with E-state index in [0.29, 0.717) is 23.2 Å². The van der Waals surface area contributed by atoms with E-state index in [4.69, 9.17) is 0 Å². The minimum Gasteiger partial charge on any atom is -0.508 e. The summed E-state index contributed by atoms with van der Waals surface area (Å²) in [6.45, 7) is 4.48. The average Bonchev–Trinajstić information content (AvgIpc) is 3.16. The summed E-state index contributed by atoms with van der Waals surface area (Å²) >= 11 is 0. The van der Waals surface area contributed by atoms with Crippen LogP contribution in [-0.4, -0.2) is 49.3 Å². The lowest BCUT2D eigenvalue weighted by Crippen LogP contribution is -2.33. The fourth-order valence-electron chi connectivity index (χ4n) is 4.06. The lowest BCUT2D eigenvalue weighted by molar-refractivity contribution is -0.112. The van der Waals surface area contributed by atoms with E-state index in [-0.39, 0.29) is 23.2 Å². The van der Waals surface area contributed by atoms with Crippen LogP contribution in [0.15, 0.2) is 41.2 Å². The Hall–Kier alpha value is -3.39. The van der Waals surface area contributed by atoms with E-state index in [2.05, 4.69) is 15.1 Å². The molecule has 3 N–H and O–H groups in total. The van der Waals surface area contributed by atoms with Gasteiger partial charge in [0.2, 0.25) is 0 Å². The maximum absolute atomic E-state index is 12.5. The van der Waals surface area contributed by atoms with Crippen LogP contribution in [0.1, 0.15) is 30.9 Å². The summed E-state index contributed by atoms with van der Waals surface area (Å²) in [5.41, 5.74) is 2.36. The lowest BCUT2D eigenvalue weighted by atomic mass is 9.98. The Morgan fingerprint density at radius 3 is 2.48 bits per heavy atom. The maximum atomic E-state index is 12.5. The van der Waals surface area contributed by atoms with Gasteiger partial charge in [-0.15, -0.1) is 0 Å². The first kappa shape index (κ1) is 20.9. The van der Waals surface area contributed by atoms with Gasteiger partial charge in [0, 0.05) is 18.5 Å². The molecule has 0 saturated carbocycles. The van der Waals surface area contributed by atoms with E-state index in [0.717, 1.165) is 44.3 Å². The molecule has 8 nitrogen and oxygen atoms in total. The monoisotopic (exact) mass is 422 g/mol. The number of likely N-dealkylation sites (tertiary alicyclic amines) is 1. The zero-order valence-electron chi connectivity index (χ0n) is 17.4. The predicted molar refractivity (Wildman–Crippen MR) is 116 cm³/mol. The highest BCUT2D eigenvalue weighted by molar-refractivity contribution is 5.68. The third-order valence-electron chi connectivity index (χ3n) is 5.92. The lowest BCUT2D eigenvalue weighted by Gasteiger charge is -2.29. The average molecular weight is 422 g/mol. The minimum absolute atomic E-state index is 0.00899. The molecule has 2 aromatic carbocycles. The quantitative estimate of drug-likeness (QED) is 0.527. The second kappa shape index (κ2) is 8.77. The van der Waals surface area contributed by atoms with Crippen molar-refractivity contribution in [2.45, 2.75) is 32.7 Å². The molecule has 1 saturated heterocycles. The number of aldehydes is 1. The first-order valence-electron chi connectivity index (χ1n) is 10.5. The highest BCUT2D eigenvalue weighted by Gasteiger charge is 2.20. The van der Waals surface area contributed by atoms with E-state index in [1.165, 1.54) is 10.6 Å². The maximum Gasteiger partial charge on any atom is 0.348 e. The summed E-state index contributed by atoms with van der Waals surface area (Å²) in [6, 6.07) is 10.6. The van der Waals surface area contributed by atoms with Gasteiger partial charge < -0.3 is 15.0 Å². The Kier molecular flexibility index (Phi) is 5.90. The van der Waals surface area contributed by atoms with Crippen molar-refractivity contribution >= 4 is 6.29 Å². The Balaban J connectivity index is 1.60. The predicted octanol–water partition coefficient (Wildman–Crippen LogP) is 2.61. The van der Waals surface area contributed by atoms with Gasteiger partial charge in [0.25, 0.3) is 0 Å². The number of phenols is 2. The number of H-pyrrole nitrogens is 1. The van der Waals surface area contributed by atoms with Crippen LogP contribution in [0.4, 0.5) is 0 Å². The van der Waals surface area contributed by atoms with Gasteiger partial charge in [0.1, 0.15) is 17.8 Å². The molecule has 0 aliphatic carbocycles. The third kappa shape index (κ3) is 4.25. The fraction of sp³-hybridized carbons (Fsp3) is 0.348. The Morgan fingerprint density at radius 1 is 1.13 bits per heavy atom. The smallest absolute Gasteiger partial charge is 0.348 e. The van der Waals surface area contributed by atoms with Crippen LogP contribution < -0.4 is 5.69 Å². The molecule has 3 aromatic rings. The van der Waals surface area contributed by atoms with Crippen LogP contribution >= 0.6 is 0 Å². The largest absolute Gasteiger partial charge is 0.508 e. The topological polar surface area (TPSA) is 111 Å². The van der Waals surface area contributed by atoms with Gasteiger partial charge in [0.05, 0.1) is 11.3 Å². The summed E-state index contributed by atoms with van der Waals surface area (Å²) in [5, 5.41) is 26.9. The molecule has 162 valence electrons. The molecule has 4 rings (SSSR count). The van der Waals surface area contributed by atoms with Crippen molar-refractivity contribution in [3.63, 3.8) is 0 Å². The van der Waals surface area contributed by atoms with E-state index in [1.807, 2.05) is 31.2 Å². The van der Waals surface area contributed by atoms with Gasteiger partial charge in [-0.3, -0.25) is 4.90 Å². The number of phenolic OH excluding ortho intramolecular Hbond substituents is 2. The Bertz CT molecular complexity index is 1130. The molecule has 2 heterocycles. The molecule has 1 aromatic heterocycles. The highest BCUT2D eigenvalue weighted by atomic mass is 16.3. The number of carbonyl (C=O) groups is 1. The fourth-order valence-corrected chi connectivity index (χ4v) is 4.06. The molecular formula is C23H26N4O4. The molecule has 0 bridgehead atoms. The van der Waals surface area contributed by atoms with Crippen molar-refractivity contribution in [2.24, 2.45) is 5.92 Å². The number of nitrogens with one attached hydrogen (secondary N) is 1. The van der Waals surface area contributed by atoms with Gasteiger partial charge in [-0.2, -0.15) is 5.10 Å². The zero-order valence-corrected chi connectivity index (χ0v) is 17.4. The molecule has 8 heteroatoms. The number of hydrogen-bond acceptors (Lipinski definition) is 6. The molecule has 0 radical (unpaired) electrons. The van der Waals surface area contributed by atoms with Gasteiger partial charge in [-0.25, -0.2) is 14.5 Å². The second-order valence-corrected chi connectivity index (χ2v) is 7.96. The van der Waals surface area contributed by atoms with Gasteiger partial charge in [-0.1, -0.05) is 19.1 Å². The molecular weight excluding hydrogens is 396 g/mol. The van der Waals surface area contributed by atoms with Gasteiger partial charge in [-0.05, 0) is 61.7 Å². The minimum atomic E-state index is -0.413. The molecule has 0 amide bonds. The summed E-state index contributed by atoms with van der Waals surface area (Å²) in [6.07, 6.45) is 3.42. The van der Waals surface area contributed by atoms with Crippen LogP contribution in [0.3, 0.4) is 0 Å². The van der Waals surface area contributed by atoms with Crippen molar-refractivity contribution in [1.82, 2.24) is 19.7 Å². The number of aromatic nitrogens is 3. The summed E-state index contributed by atoms with van der Waals surface area (Å²) in [4.78, 5) is 25.7. The highest BCUT2D eigenvalue weighted by Crippen LogP contribution is 2.34. The van der Waals surface area contributed by atoms with E-state index < -0.39 is 5.69 Å². The van der Waals surface area contributed by atoms with Crippen LogP contribution in [0.5, 0.6) is 11.5 Å². The third-order valence-corrected chi connectivity index (χ3v) is 5.92.